The highest BCUT2D eigenvalue weighted by Crippen LogP contribution is 2.19. The molecule has 4 rings (SSSR count). The highest BCUT2D eigenvalue weighted by atomic mass is 16.4. The van der Waals surface area contributed by atoms with Crippen LogP contribution in [0.2, 0.25) is 0 Å². The van der Waals surface area contributed by atoms with Crippen LogP contribution in [0.1, 0.15) is 24.1 Å². The number of fused-ring (bicyclic) bond motifs is 1. The number of para-hydroxylation sites is 1. The summed E-state index contributed by atoms with van der Waals surface area (Å²) in [6, 6.07) is 4.49. The molecule has 1 aliphatic rings. The van der Waals surface area contributed by atoms with Gasteiger partial charge in [0.15, 0.2) is 0 Å². The summed E-state index contributed by atoms with van der Waals surface area (Å²) in [6.45, 7) is 0. The summed E-state index contributed by atoms with van der Waals surface area (Å²) in [5.74, 6) is -2.56. The molecule has 1 aliphatic heterocycles. The Bertz CT molecular complexity index is 1170. The van der Waals surface area contributed by atoms with E-state index in [1.165, 1.54) is 12.5 Å². The molecule has 3 aromatic rings. The van der Waals surface area contributed by atoms with E-state index in [1.807, 2.05) is 24.3 Å². The van der Waals surface area contributed by atoms with Gasteiger partial charge in [-0.05, 0) is 18.1 Å². The van der Waals surface area contributed by atoms with Gasteiger partial charge in [0.05, 0.1) is 6.33 Å². The molecule has 33 heavy (non-hydrogen) atoms. The summed E-state index contributed by atoms with van der Waals surface area (Å²) in [5.41, 5.74) is 2.21. The molecule has 1 aromatic carbocycles. The van der Waals surface area contributed by atoms with E-state index in [-0.39, 0.29) is 25.2 Å². The zero-order chi connectivity index (χ0) is 23.4. The molecule has 0 aliphatic carbocycles. The lowest BCUT2D eigenvalue weighted by atomic mass is 10.0. The maximum Gasteiger partial charge on any atom is 0.326 e. The number of rotatable bonds is 9. The van der Waals surface area contributed by atoms with Crippen molar-refractivity contribution in [1.82, 2.24) is 30.9 Å². The van der Waals surface area contributed by atoms with Crippen molar-refractivity contribution in [3.05, 3.63) is 54.2 Å². The average Bonchev–Trinajstić information content (AvgIpc) is 3.54. The Balaban J connectivity index is 1.49. The third-order valence-corrected chi connectivity index (χ3v) is 5.64. The van der Waals surface area contributed by atoms with Gasteiger partial charge >= 0.3 is 5.97 Å². The van der Waals surface area contributed by atoms with Gasteiger partial charge in [0.2, 0.25) is 17.7 Å². The Morgan fingerprint density at radius 2 is 1.94 bits per heavy atom. The standard InChI is InChI=1S/C22H24N6O5/c29-19-6-5-16(26-19)20(30)27-17(8-13-10-23-11-25-13)21(31)28-18(22(32)33)7-12-9-24-15-4-2-1-3-14(12)15/h1-4,9-11,16-18,24H,5-8H2,(H,23,25)(H,26,29)(H,27,30)(H,28,31)(H,32,33)/t16-,17+,18+/m1/s1. The molecule has 11 nitrogen and oxygen atoms in total. The molecule has 1 saturated heterocycles. The van der Waals surface area contributed by atoms with Gasteiger partial charge < -0.3 is 31.0 Å². The van der Waals surface area contributed by atoms with Crippen molar-refractivity contribution in [2.45, 2.75) is 43.8 Å². The lowest BCUT2D eigenvalue weighted by Crippen LogP contribution is -2.55. The van der Waals surface area contributed by atoms with Gasteiger partial charge in [-0.2, -0.15) is 0 Å². The first-order valence-corrected chi connectivity index (χ1v) is 10.6. The van der Waals surface area contributed by atoms with Gasteiger partial charge in [0, 0.05) is 48.3 Å². The van der Waals surface area contributed by atoms with E-state index in [9.17, 15) is 24.3 Å². The van der Waals surface area contributed by atoms with Gasteiger partial charge in [0.25, 0.3) is 0 Å². The van der Waals surface area contributed by atoms with E-state index < -0.39 is 35.9 Å². The molecular formula is C22H24N6O5. The number of nitrogens with one attached hydrogen (secondary N) is 5. The summed E-state index contributed by atoms with van der Waals surface area (Å²) in [6.07, 6.45) is 5.40. The fourth-order valence-corrected chi connectivity index (χ4v) is 3.90. The molecule has 1 fully saturated rings. The van der Waals surface area contributed by atoms with E-state index in [4.69, 9.17) is 0 Å². The van der Waals surface area contributed by atoms with Crippen molar-refractivity contribution in [3.8, 4) is 0 Å². The monoisotopic (exact) mass is 452 g/mol. The SMILES string of the molecule is O=C1CC[C@H](C(=O)N[C@@H](Cc2cnc[nH]2)C(=O)N[C@@H](Cc2c[nH]c3ccccc23)C(=O)O)N1. The molecule has 3 atom stereocenters. The van der Waals surface area contributed by atoms with E-state index in [0.717, 1.165) is 16.5 Å². The number of imidazole rings is 1. The number of carbonyl (C=O) groups excluding carboxylic acids is 3. The highest BCUT2D eigenvalue weighted by Gasteiger charge is 2.32. The minimum Gasteiger partial charge on any atom is -0.480 e. The van der Waals surface area contributed by atoms with E-state index in [1.54, 1.807) is 6.20 Å². The minimum absolute atomic E-state index is 0.0640. The van der Waals surface area contributed by atoms with Crippen LogP contribution >= 0.6 is 0 Å². The third kappa shape index (κ3) is 5.20. The second-order valence-electron chi connectivity index (χ2n) is 7.96. The zero-order valence-electron chi connectivity index (χ0n) is 17.6. The molecule has 172 valence electrons. The molecule has 0 unspecified atom stereocenters. The van der Waals surface area contributed by atoms with Gasteiger partial charge in [-0.1, -0.05) is 18.2 Å². The lowest BCUT2D eigenvalue weighted by Gasteiger charge is -2.22. The lowest BCUT2D eigenvalue weighted by molar-refractivity contribution is -0.142. The van der Waals surface area contributed by atoms with Crippen LogP contribution in [-0.2, 0) is 32.0 Å². The van der Waals surface area contributed by atoms with Gasteiger partial charge in [-0.3, -0.25) is 14.4 Å². The number of benzene rings is 1. The summed E-state index contributed by atoms with van der Waals surface area (Å²) in [5, 5.41) is 18.4. The number of carboxylic acid groups (broad SMARTS) is 1. The Kier molecular flexibility index (Phi) is 6.38. The van der Waals surface area contributed by atoms with Crippen molar-refractivity contribution in [2.75, 3.05) is 0 Å². The maximum absolute atomic E-state index is 13.1. The second kappa shape index (κ2) is 9.55. The molecule has 2 aromatic heterocycles. The maximum atomic E-state index is 13.1. The van der Waals surface area contributed by atoms with Gasteiger partial charge in [-0.25, -0.2) is 9.78 Å². The number of aromatic amines is 2. The Morgan fingerprint density at radius 1 is 1.12 bits per heavy atom. The molecular weight excluding hydrogens is 428 g/mol. The van der Waals surface area contributed by atoms with Crippen molar-refractivity contribution >= 4 is 34.6 Å². The first kappa shape index (κ1) is 22.1. The molecule has 0 bridgehead atoms. The molecule has 11 heteroatoms. The number of carboxylic acids is 1. The van der Waals surface area contributed by atoms with Crippen LogP contribution in [0.15, 0.2) is 43.0 Å². The number of hydrogen-bond acceptors (Lipinski definition) is 5. The average molecular weight is 452 g/mol. The molecule has 0 radical (unpaired) electrons. The smallest absolute Gasteiger partial charge is 0.326 e. The van der Waals surface area contributed by atoms with Crippen LogP contribution in [0, 0.1) is 0 Å². The Morgan fingerprint density at radius 3 is 2.64 bits per heavy atom. The van der Waals surface area contributed by atoms with E-state index in [0.29, 0.717) is 12.1 Å². The molecule has 0 saturated carbocycles. The molecule has 3 heterocycles. The quantitative estimate of drug-likeness (QED) is 0.267. The number of nitrogens with zero attached hydrogens (tertiary/aromatic N) is 1. The first-order chi connectivity index (χ1) is 15.9. The summed E-state index contributed by atoms with van der Waals surface area (Å²) >= 11 is 0. The van der Waals surface area contributed by atoms with Crippen molar-refractivity contribution in [3.63, 3.8) is 0 Å². The normalized spacial score (nSPS) is 17.3. The number of amides is 3. The minimum atomic E-state index is -1.20. The number of aliphatic carboxylic acids is 1. The number of carbonyl (C=O) groups is 4. The number of aromatic nitrogens is 3. The van der Waals surface area contributed by atoms with E-state index >= 15 is 0 Å². The largest absolute Gasteiger partial charge is 0.480 e. The first-order valence-electron chi connectivity index (χ1n) is 10.6. The third-order valence-electron chi connectivity index (χ3n) is 5.64. The fraction of sp³-hybridized carbons (Fsp3) is 0.318. The van der Waals surface area contributed by atoms with Crippen molar-refractivity contribution in [1.29, 1.82) is 0 Å². The second-order valence-corrected chi connectivity index (χ2v) is 7.96. The summed E-state index contributed by atoms with van der Waals surface area (Å²) < 4.78 is 0. The molecule has 3 amide bonds. The fourth-order valence-electron chi connectivity index (χ4n) is 3.90. The highest BCUT2D eigenvalue weighted by molar-refractivity contribution is 5.95. The van der Waals surface area contributed by atoms with Crippen LogP contribution in [-0.4, -0.2) is 61.9 Å². The van der Waals surface area contributed by atoms with E-state index in [2.05, 4.69) is 30.9 Å². The van der Waals surface area contributed by atoms with Crippen LogP contribution in [0.3, 0.4) is 0 Å². The molecule has 6 N–H and O–H groups in total. The van der Waals surface area contributed by atoms with Gasteiger partial charge in [0.1, 0.15) is 18.1 Å². The van der Waals surface area contributed by atoms with Crippen LogP contribution < -0.4 is 16.0 Å². The summed E-state index contributed by atoms with van der Waals surface area (Å²) in [7, 11) is 0. The zero-order valence-corrected chi connectivity index (χ0v) is 17.6. The van der Waals surface area contributed by atoms with Crippen molar-refractivity contribution in [2.24, 2.45) is 0 Å². The van der Waals surface area contributed by atoms with Crippen LogP contribution in [0.25, 0.3) is 10.9 Å². The number of hydrogen-bond donors (Lipinski definition) is 6. The predicted octanol–water partition coefficient (Wildman–Crippen LogP) is 0.00900. The molecule has 0 spiro atoms. The van der Waals surface area contributed by atoms with Crippen molar-refractivity contribution < 1.29 is 24.3 Å². The Hall–Kier alpha value is -4.15. The summed E-state index contributed by atoms with van der Waals surface area (Å²) in [4.78, 5) is 58.9. The predicted molar refractivity (Wildman–Crippen MR) is 117 cm³/mol. The Labute approximate surface area is 188 Å². The van der Waals surface area contributed by atoms with Crippen LogP contribution in [0.5, 0.6) is 0 Å². The van der Waals surface area contributed by atoms with Crippen LogP contribution in [0.4, 0.5) is 0 Å². The topological polar surface area (TPSA) is 169 Å². The number of H-pyrrole nitrogens is 2. The van der Waals surface area contributed by atoms with Gasteiger partial charge in [-0.15, -0.1) is 0 Å².